The van der Waals surface area contributed by atoms with Gasteiger partial charge in [-0.2, -0.15) is 0 Å². The van der Waals surface area contributed by atoms with Crippen LogP contribution in [0, 0.1) is 25.2 Å². The van der Waals surface area contributed by atoms with Crippen molar-refractivity contribution in [2.75, 3.05) is 6.54 Å². The van der Waals surface area contributed by atoms with Gasteiger partial charge in [-0.3, -0.25) is 0 Å². The molecule has 3 rings (SSSR count). The summed E-state index contributed by atoms with van der Waals surface area (Å²) in [7, 11) is -3.44. The van der Waals surface area contributed by atoms with Crippen molar-refractivity contribution in [3.8, 4) is 0 Å². The number of rotatable bonds is 6. The standard InChI is InChI=1S/C16H24N2O2S/c1-11-7-12(2)15(8-13(11)9-17)21(19,20)18-10-16(5-6-16)14-3-4-14/h7-8,14,18H,3-6,9-10,17H2,1-2H3. The van der Waals surface area contributed by atoms with Crippen molar-refractivity contribution >= 4 is 10.0 Å². The molecular formula is C16H24N2O2S. The Kier molecular flexibility index (Phi) is 3.62. The fourth-order valence-corrected chi connectivity index (χ4v) is 4.70. The van der Waals surface area contributed by atoms with E-state index in [1.807, 2.05) is 19.9 Å². The first-order valence-corrected chi connectivity index (χ1v) is 9.16. The van der Waals surface area contributed by atoms with Gasteiger partial charge in [-0.05, 0) is 73.6 Å². The number of nitrogens with two attached hydrogens (primary N) is 1. The molecule has 2 saturated carbocycles. The summed E-state index contributed by atoms with van der Waals surface area (Å²) in [5.41, 5.74) is 8.69. The molecule has 3 N–H and O–H groups in total. The third-order valence-electron chi connectivity index (χ3n) is 5.09. The second kappa shape index (κ2) is 5.07. The minimum absolute atomic E-state index is 0.266. The van der Waals surface area contributed by atoms with Gasteiger partial charge in [0.15, 0.2) is 0 Å². The molecule has 21 heavy (non-hydrogen) atoms. The summed E-state index contributed by atoms with van der Waals surface area (Å²) in [6.45, 7) is 4.76. The lowest BCUT2D eigenvalue weighted by Gasteiger charge is -2.17. The molecule has 0 aliphatic heterocycles. The molecule has 0 heterocycles. The average molecular weight is 308 g/mol. The fraction of sp³-hybridized carbons (Fsp3) is 0.625. The highest BCUT2D eigenvalue weighted by Gasteiger charge is 2.53. The van der Waals surface area contributed by atoms with Gasteiger partial charge in [0, 0.05) is 13.1 Å². The highest BCUT2D eigenvalue weighted by atomic mass is 32.2. The van der Waals surface area contributed by atoms with Gasteiger partial charge in [-0.15, -0.1) is 0 Å². The van der Waals surface area contributed by atoms with E-state index in [1.54, 1.807) is 6.07 Å². The first-order valence-electron chi connectivity index (χ1n) is 7.68. The fourth-order valence-electron chi connectivity index (χ4n) is 3.29. The molecule has 2 fully saturated rings. The third-order valence-corrected chi connectivity index (χ3v) is 6.64. The normalized spacial score (nSPS) is 20.5. The van der Waals surface area contributed by atoms with Crippen LogP contribution in [-0.2, 0) is 16.6 Å². The maximum Gasteiger partial charge on any atom is 0.240 e. The van der Waals surface area contributed by atoms with Crippen LogP contribution < -0.4 is 10.5 Å². The van der Waals surface area contributed by atoms with Crippen LogP contribution in [0.15, 0.2) is 17.0 Å². The summed E-state index contributed by atoms with van der Waals surface area (Å²) in [4.78, 5) is 0.375. The zero-order chi connectivity index (χ0) is 15.3. The SMILES string of the molecule is Cc1cc(C)c(S(=O)(=O)NCC2(C3CC3)CC2)cc1CN. The number of hydrogen-bond acceptors (Lipinski definition) is 3. The molecule has 4 nitrogen and oxygen atoms in total. The zero-order valence-electron chi connectivity index (χ0n) is 12.8. The van der Waals surface area contributed by atoms with E-state index in [0.29, 0.717) is 18.0 Å². The second-order valence-electron chi connectivity index (χ2n) is 6.71. The Morgan fingerprint density at radius 1 is 1.24 bits per heavy atom. The van der Waals surface area contributed by atoms with E-state index in [2.05, 4.69) is 4.72 Å². The van der Waals surface area contributed by atoms with E-state index in [-0.39, 0.29) is 5.41 Å². The summed E-state index contributed by atoms with van der Waals surface area (Å²) in [5, 5.41) is 0. The van der Waals surface area contributed by atoms with Crippen molar-refractivity contribution in [1.82, 2.24) is 4.72 Å². The number of hydrogen-bond donors (Lipinski definition) is 2. The molecule has 0 bridgehead atoms. The van der Waals surface area contributed by atoms with E-state index in [0.717, 1.165) is 22.6 Å². The van der Waals surface area contributed by atoms with Gasteiger partial charge in [0.2, 0.25) is 10.0 Å². The average Bonchev–Trinajstić information content (AvgIpc) is 3.27. The van der Waals surface area contributed by atoms with Crippen molar-refractivity contribution in [2.45, 2.75) is 51.0 Å². The van der Waals surface area contributed by atoms with Crippen LogP contribution in [0.5, 0.6) is 0 Å². The molecule has 1 aromatic carbocycles. The molecular weight excluding hydrogens is 284 g/mol. The van der Waals surface area contributed by atoms with Crippen LogP contribution in [0.1, 0.15) is 42.4 Å². The zero-order valence-corrected chi connectivity index (χ0v) is 13.6. The Bertz CT molecular complexity index is 659. The summed E-state index contributed by atoms with van der Waals surface area (Å²) in [6.07, 6.45) is 4.87. The van der Waals surface area contributed by atoms with E-state index < -0.39 is 10.0 Å². The quantitative estimate of drug-likeness (QED) is 0.846. The maximum atomic E-state index is 12.6. The molecule has 0 saturated heterocycles. The Balaban J connectivity index is 1.81. The van der Waals surface area contributed by atoms with Crippen molar-refractivity contribution in [1.29, 1.82) is 0 Å². The molecule has 2 aliphatic carbocycles. The van der Waals surface area contributed by atoms with Crippen molar-refractivity contribution in [3.63, 3.8) is 0 Å². The predicted molar refractivity (Wildman–Crippen MR) is 83.4 cm³/mol. The van der Waals surface area contributed by atoms with Gasteiger partial charge in [0.25, 0.3) is 0 Å². The van der Waals surface area contributed by atoms with E-state index in [1.165, 1.54) is 25.7 Å². The van der Waals surface area contributed by atoms with Crippen LogP contribution in [0.2, 0.25) is 0 Å². The van der Waals surface area contributed by atoms with E-state index in [4.69, 9.17) is 5.73 Å². The lowest BCUT2D eigenvalue weighted by Crippen LogP contribution is -2.31. The van der Waals surface area contributed by atoms with Gasteiger partial charge >= 0.3 is 0 Å². The Morgan fingerprint density at radius 3 is 2.43 bits per heavy atom. The molecule has 0 atom stereocenters. The van der Waals surface area contributed by atoms with Gasteiger partial charge in [0.05, 0.1) is 4.90 Å². The second-order valence-corrected chi connectivity index (χ2v) is 8.44. The van der Waals surface area contributed by atoms with E-state index in [9.17, 15) is 8.42 Å². The molecule has 0 radical (unpaired) electrons. The highest BCUT2D eigenvalue weighted by Crippen LogP contribution is 2.60. The Morgan fingerprint density at radius 2 is 1.90 bits per heavy atom. The minimum Gasteiger partial charge on any atom is -0.326 e. The van der Waals surface area contributed by atoms with Crippen molar-refractivity contribution in [3.05, 3.63) is 28.8 Å². The first kappa shape index (κ1) is 15.0. The number of sulfonamides is 1. The Hall–Kier alpha value is -0.910. The molecule has 0 aromatic heterocycles. The van der Waals surface area contributed by atoms with Crippen molar-refractivity contribution in [2.24, 2.45) is 17.1 Å². The van der Waals surface area contributed by atoms with Gasteiger partial charge in [0.1, 0.15) is 0 Å². The largest absolute Gasteiger partial charge is 0.326 e. The number of benzene rings is 1. The molecule has 2 aliphatic rings. The van der Waals surface area contributed by atoms with Gasteiger partial charge in [-0.25, -0.2) is 13.1 Å². The topological polar surface area (TPSA) is 72.2 Å². The molecule has 116 valence electrons. The summed E-state index contributed by atoms with van der Waals surface area (Å²) < 4.78 is 28.0. The van der Waals surface area contributed by atoms with Crippen LogP contribution >= 0.6 is 0 Å². The van der Waals surface area contributed by atoms with Crippen LogP contribution in [-0.4, -0.2) is 15.0 Å². The van der Waals surface area contributed by atoms with Crippen LogP contribution in [0.25, 0.3) is 0 Å². The number of nitrogens with one attached hydrogen (secondary N) is 1. The maximum absolute atomic E-state index is 12.6. The molecule has 1 aromatic rings. The van der Waals surface area contributed by atoms with Crippen LogP contribution in [0.3, 0.4) is 0 Å². The summed E-state index contributed by atoms with van der Waals surface area (Å²) >= 11 is 0. The lowest BCUT2D eigenvalue weighted by molar-refractivity contribution is 0.432. The summed E-state index contributed by atoms with van der Waals surface area (Å²) in [6, 6.07) is 3.63. The highest BCUT2D eigenvalue weighted by molar-refractivity contribution is 7.89. The molecule has 5 heteroatoms. The Labute approximate surface area is 127 Å². The van der Waals surface area contributed by atoms with Crippen molar-refractivity contribution < 1.29 is 8.42 Å². The molecule has 0 amide bonds. The summed E-state index contributed by atoms with van der Waals surface area (Å²) in [5.74, 6) is 0.749. The molecule has 0 unspecified atom stereocenters. The predicted octanol–water partition coefficient (Wildman–Crippen LogP) is 2.23. The first-order chi connectivity index (χ1) is 9.88. The monoisotopic (exact) mass is 308 g/mol. The smallest absolute Gasteiger partial charge is 0.240 e. The minimum atomic E-state index is -3.44. The van der Waals surface area contributed by atoms with E-state index >= 15 is 0 Å². The van der Waals surface area contributed by atoms with Gasteiger partial charge in [-0.1, -0.05) is 6.07 Å². The lowest BCUT2D eigenvalue weighted by atomic mass is 10.0. The number of aryl methyl sites for hydroxylation is 2. The third kappa shape index (κ3) is 2.87. The van der Waals surface area contributed by atoms with Crippen LogP contribution in [0.4, 0.5) is 0 Å². The molecule has 0 spiro atoms. The van der Waals surface area contributed by atoms with Gasteiger partial charge < -0.3 is 5.73 Å².